The molecular formula is C9H5ClN4. The first-order valence-corrected chi connectivity index (χ1v) is 4.23. The summed E-state index contributed by atoms with van der Waals surface area (Å²) in [4.78, 5) is 7.94. The molecule has 14 heavy (non-hydrogen) atoms. The van der Waals surface area contributed by atoms with E-state index < -0.39 is 0 Å². The molecule has 0 saturated carbocycles. The second kappa shape index (κ2) is 3.48. The Labute approximate surface area is 85.4 Å². The molecule has 0 N–H and O–H groups in total. The molecule has 0 unspecified atom stereocenters. The molecule has 0 atom stereocenters. The highest BCUT2D eigenvalue weighted by atomic mass is 35.5. The fourth-order valence-corrected chi connectivity index (χ4v) is 1.28. The number of nitrogens with zero attached hydrogens (tertiary/aromatic N) is 4. The maximum Gasteiger partial charge on any atom is 0.140 e. The topological polar surface area (TPSA) is 54.5 Å². The standard InChI is InChI=1S/C9H5ClN4/c10-8-3-7(5-11)4-9(13-8)14-2-1-12-6-14/h1-4,6H. The van der Waals surface area contributed by atoms with E-state index >= 15 is 0 Å². The molecule has 2 aromatic rings. The number of aromatic nitrogens is 3. The summed E-state index contributed by atoms with van der Waals surface area (Å²) < 4.78 is 1.69. The minimum absolute atomic E-state index is 0.299. The van der Waals surface area contributed by atoms with E-state index in [9.17, 15) is 0 Å². The summed E-state index contributed by atoms with van der Waals surface area (Å²) in [6, 6.07) is 5.17. The van der Waals surface area contributed by atoms with Crippen molar-refractivity contribution in [1.82, 2.24) is 14.5 Å². The third kappa shape index (κ3) is 1.58. The number of imidazole rings is 1. The molecule has 0 saturated heterocycles. The van der Waals surface area contributed by atoms with Gasteiger partial charge in [-0.3, -0.25) is 4.57 Å². The molecule has 2 aromatic heterocycles. The van der Waals surface area contributed by atoms with E-state index in [0.29, 0.717) is 16.5 Å². The highest BCUT2D eigenvalue weighted by Gasteiger charge is 2.01. The average Bonchev–Trinajstić information content (AvgIpc) is 2.69. The van der Waals surface area contributed by atoms with Gasteiger partial charge in [0.1, 0.15) is 17.3 Å². The van der Waals surface area contributed by atoms with E-state index in [2.05, 4.69) is 9.97 Å². The van der Waals surface area contributed by atoms with Gasteiger partial charge in [0.2, 0.25) is 0 Å². The van der Waals surface area contributed by atoms with Crippen molar-refractivity contribution < 1.29 is 0 Å². The van der Waals surface area contributed by atoms with E-state index in [1.54, 1.807) is 29.4 Å². The smallest absolute Gasteiger partial charge is 0.140 e. The van der Waals surface area contributed by atoms with Crippen LogP contribution in [0.1, 0.15) is 5.56 Å². The van der Waals surface area contributed by atoms with Crippen LogP contribution in [0.3, 0.4) is 0 Å². The van der Waals surface area contributed by atoms with Crippen LogP contribution >= 0.6 is 11.6 Å². The summed E-state index contributed by atoms with van der Waals surface area (Å²) in [6.07, 6.45) is 4.97. The van der Waals surface area contributed by atoms with Crippen LogP contribution in [0.4, 0.5) is 0 Å². The van der Waals surface area contributed by atoms with Crippen molar-refractivity contribution in [3.63, 3.8) is 0 Å². The van der Waals surface area contributed by atoms with Gasteiger partial charge in [0.25, 0.3) is 0 Å². The third-order valence-electron chi connectivity index (χ3n) is 1.68. The molecule has 0 aliphatic carbocycles. The predicted octanol–water partition coefficient (Wildman–Crippen LogP) is 1.79. The molecule has 0 aliphatic rings. The van der Waals surface area contributed by atoms with Crippen LogP contribution in [0.15, 0.2) is 30.9 Å². The molecule has 0 aliphatic heterocycles. The average molecular weight is 205 g/mol. The summed E-state index contributed by atoms with van der Waals surface area (Å²) in [5.41, 5.74) is 0.480. The third-order valence-corrected chi connectivity index (χ3v) is 1.87. The molecule has 0 spiro atoms. The van der Waals surface area contributed by atoms with Crippen LogP contribution in [-0.2, 0) is 0 Å². The summed E-state index contributed by atoms with van der Waals surface area (Å²) >= 11 is 5.75. The lowest BCUT2D eigenvalue weighted by molar-refractivity contribution is 0.991. The fourth-order valence-electron chi connectivity index (χ4n) is 1.07. The Morgan fingerprint density at radius 1 is 1.43 bits per heavy atom. The number of hydrogen-bond acceptors (Lipinski definition) is 3. The second-order valence-corrected chi connectivity index (χ2v) is 3.01. The van der Waals surface area contributed by atoms with Gasteiger partial charge in [-0.2, -0.15) is 5.26 Å². The molecule has 2 rings (SSSR count). The van der Waals surface area contributed by atoms with Gasteiger partial charge >= 0.3 is 0 Å². The van der Waals surface area contributed by atoms with Crippen LogP contribution in [0.5, 0.6) is 0 Å². The Kier molecular flexibility index (Phi) is 2.17. The monoisotopic (exact) mass is 204 g/mol. The van der Waals surface area contributed by atoms with Gasteiger partial charge in [0.05, 0.1) is 11.6 Å². The quantitative estimate of drug-likeness (QED) is 0.666. The van der Waals surface area contributed by atoms with Gasteiger partial charge in [-0.05, 0) is 12.1 Å². The molecule has 0 fully saturated rings. The van der Waals surface area contributed by atoms with Crippen molar-refractivity contribution >= 4 is 11.6 Å². The van der Waals surface area contributed by atoms with Crippen molar-refractivity contribution in [3.8, 4) is 11.9 Å². The normalized spacial score (nSPS) is 9.71. The van der Waals surface area contributed by atoms with Gasteiger partial charge in [-0.15, -0.1) is 0 Å². The number of rotatable bonds is 1. The highest BCUT2D eigenvalue weighted by molar-refractivity contribution is 6.29. The lowest BCUT2D eigenvalue weighted by Crippen LogP contribution is -1.95. The molecule has 0 amide bonds. The zero-order valence-corrected chi connectivity index (χ0v) is 7.81. The van der Waals surface area contributed by atoms with Crippen LogP contribution < -0.4 is 0 Å². The largest absolute Gasteiger partial charge is 0.290 e. The SMILES string of the molecule is N#Cc1cc(Cl)nc(-n2ccnc2)c1. The molecule has 0 aromatic carbocycles. The van der Waals surface area contributed by atoms with Gasteiger partial charge in [0.15, 0.2) is 0 Å². The minimum Gasteiger partial charge on any atom is -0.290 e. The molecule has 2 heterocycles. The Balaban J connectivity index is 2.55. The Morgan fingerprint density at radius 3 is 2.93 bits per heavy atom. The molecular weight excluding hydrogens is 200 g/mol. The number of hydrogen-bond donors (Lipinski definition) is 0. The van der Waals surface area contributed by atoms with Crippen molar-refractivity contribution in [2.75, 3.05) is 0 Å². The Morgan fingerprint density at radius 2 is 2.29 bits per heavy atom. The lowest BCUT2D eigenvalue weighted by atomic mass is 10.3. The van der Waals surface area contributed by atoms with Crippen molar-refractivity contribution in [2.24, 2.45) is 0 Å². The molecule has 0 radical (unpaired) electrons. The van der Waals surface area contributed by atoms with Gasteiger partial charge in [-0.1, -0.05) is 11.6 Å². The molecule has 5 heteroatoms. The van der Waals surface area contributed by atoms with Crippen molar-refractivity contribution in [2.45, 2.75) is 0 Å². The zero-order valence-electron chi connectivity index (χ0n) is 7.05. The first-order valence-electron chi connectivity index (χ1n) is 3.85. The van der Waals surface area contributed by atoms with Crippen LogP contribution in [0.25, 0.3) is 5.82 Å². The van der Waals surface area contributed by atoms with Crippen LogP contribution in [0, 0.1) is 11.3 Å². The summed E-state index contributed by atoms with van der Waals surface area (Å²) in [5.74, 6) is 0.589. The maximum absolute atomic E-state index is 8.72. The summed E-state index contributed by atoms with van der Waals surface area (Å²) in [5, 5.41) is 9.02. The van der Waals surface area contributed by atoms with E-state index in [-0.39, 0.29) is 0 Å². The highest BCUT2D eigenvalue weighted by Crippen LogP contribution is 2.12. The molecule has 0 bridgehead atoms. The Bertz CT molecular complexity index is 484. The summed E-state index contributed by atoms with van der Waals surface area (Å²) in [7, 11) is 0. The van der Waals surface area contributed by atoms with Crippen molar-refractivity contribution in [1.29, 1.82) is 5.26 Å². The minimum atomic E-state index is 0.299. The fraction of sp³-hybridized carbons (Fsp3) is 0. The number of pyridine rings is 1. The zero-order chi connectivity index (χ0) is 9.97. The predicted molar refractivity (Wildman–Crippen MR) is 51.1 cm³/mol. The number of halogens is 1. The van der Waals surface area contributed by atoms with Crippen LogP contribution in [0.2, 0.25) is 5.15 Å². The van der Waals surface area contributed by atoms with E-state index in [0.717, 1.165) is 0 Å². The van der Waals surface area contributed by atoms with Gasteiger partial charge in [-0.25, -0.2) is 9.97 Å². The maximum atomic E-state index is 8.72. The van der Waals surface area contributed by atoms with E-state index in [1.165, 1.54) is 6.07 Å². The van der Waals surface area contributed by atoms with Crippen molar-refractivity contribution in [3.05, 3.63) is 41.6 Å². The Hall–Kier alpha value is -1.86. The first kappa shape index (κ1) is 8.73. The molecule has 68 valence electrons. The second-order valence-electron chi connectivity index (χ2n) is 2.62. The summed E-state index contributed by atoms with van der Waals surface area (Å²) in [6.45, 7) is 0. The molecule has 4 nitrogen and oxygen atoms in total. The van der Waals surface area contributed by atoms with E-state index in [4.69, 9.17) is 16.9 Å². The number of nitriles is 1. The lowest BCUT2D eigenvalue weighted by Gasteiger charge is -2.01. The first-order chi connectivity index (χ1) is 6.79. The van der Waals surface area contributed by atoms with Crippen LogP contribution in [-0.4, -0.2) is 14.5 Å². The van der Waals surface area contributed by atoms with Gasteiger partial charge < -0.3 is 0 Å². The van der Waals surface area contributed by atoms with Gasteiger partial charge in [0, 0.05) is 12.4 Å². The van der Waals surface area contributed by atoms with E-state index in [1.807, 2.05) is 6.07 Å².